The van der Waals surface area contributed by atoms with Gasteiger partial charge in [-0.2, -0.15) is 5.10 Å². The summed E-state index contributed by atoms with van der Waals surface area (Å²) >= 11 is 0. The fourth-order valence-electron chi connectivity index (χ4n) is 1.10. The second-order valence-electron chi connectivity index (χ2n) is 2.95. The average Bonchev–Trinajstić information content (AvgIpc) is 2.47. The summed E-state index contributed by atoms with van der Waals surface area (Å²) < 4.78 is 1.95. The van der Waals surface area contributed by atoms with Crippen LogP contribution in [0.25, 0.3) is 0 Å². The molecular formula is C8H16N4. The average molecular weight is 168 g/mol. The molecule has 0 aliphatic carbocycles. The van der Waals surface area contributed by atoms with Gasteiger partial charge in [0.1, 0.15) is 11.6 Å². The molecule has 0 aromatic carbocycles. The second kappa shape index (κ2) is 3.47. The number of rotatable bonds is 3. The van der Waals surface area contributed by atoms with Gasteiger partial charge in [0.25, 0.3) is 0 Å². The molecule has 0 bridgehead atoms. The monoisotopic (exact) mass is 168 g/mol. The summed E-state index contributed by atoms with van der Waals surface area (Å²) in [7, 11) is 3.77. The molecule has 4 heteroatoms. The van der Waals surface area contributed by atoms with Crippen molar-refractivity contribution in [3.63, 3.8) is 0 Å². The topological polar surface area (TPSA) is 41.9 Å². The Morgan fingerprint density at radius 1 is 1.33 bits per heavy atom. The minimum Gasteiger partial charge on any atom is -0.373 e. The number of aromatic nitrogens is 2. The van der Waals surface area contributed by atoms with Crippen LogP contribution in [0, 0.1) is 0 Å². The first kappa shape index (κ1) is 8.90. The quantitative estimate of drug-likeness (QED) is 0.719. The summed E-state index contributed by atoms with van der Waals surface area (Å²) in [5.41, 5.74) is 0. The molecule has 0 saturated carbocycles. The van der Waals surface area contributed by atoms with Crippen molar-refractivity contribution in [2.24, 2.45) is 0 Å². The van der Waals surface area contributed by atoms with Crippen LogP contribution in [-0.2, 0) is 0 Å². The van der Waals surface area contributed by atoms with Crippen LogP contribution in [-0.4, -0.2) is 23.9 Å². The standard InChI is InChI=1S/C8H16N4/c1-6(2)12-8(10-4)5-7(9-3)11-12/h5-6,10H,1-4H3,(H,9,11). The minimum absolute atomic E-state index is 0.384. The van der Waals surface area contributed by atoms with Crippen molar-refractivity contribution < 1.29 is 0 Å². The largest absolute Gasteiger partial charge is 0.373 e. The summed E-state index contributed by atoms with van der Waals surface area (Å²) in [6.45, 7) is 4.21. The Kier molecular flexibility index (Phi) is 2.58. The van der Waals surface area contributed by atoms with Crippen molar-refractivity contribution in [1.82, 2.24) is 9.78 Å². The molecule has 0 aliphatic heterocycles. The number of nitrogens with zero attached hydrogens (tertiary/aromatic N) is 2. The van der Waals surface area contributed by atoms with Crippen molar-refractivity contribution >= 4 is 11.6 Å². The summed E-state index contributed by atoms with van der Waals surface area (Å²) in [6.07, 6.45) is 0. The van der Waals surface area contributed by atoms with Crippen molar-refractivity contribution in [1.29, 1.82) is 0 Å². The third-order valence-corrected chi connectivity index (χ3v) is 1.74. The normalized spacial score (nSPS) is 10.4. The summed E-state index contributed by atoms with van der Waals surface area (Å²) in [6, 6.07) is 2.37. The van der Waals surface area contributed by atoms with E-state index in [1.807, 2.05) is 24.8 Å². The molecule has 68 valence electrons. The molecule has 0 atom stereocenters. The maximum atomic E-state index is 4.34. The van der Waals surface area contributed by atoms with Gasteiger partial charge in [0.2, 0.25) is 0 Å². The maximum absolute atomic E-state index is 4.34. The molecule has 1 aromatic rings. The van der Waals surface area contributed by atoms with Gasteiger partial charge in [0, 0.05) is 26.2 Å². The minimum atomic E-state index is 0.384. The van der Waals surface area contributed by atoms with E-state index in [0.29, 0.717) is 6.04 Å². The van der Waals surface area contributed by atoms with E-state index in [4.69, 9.17) is 0 Å². The van der Waals surface area contributed by atoms with Crippen LogP contribution in [0.15, 0.2) is 6.07 Å². The highest BCUT2D eigenvalue weighted by Crippen LogP contribution is 2.17. The lowest BCUT2D eigenvalue weighted by Crippen LogP contribution is -2.07. The highest BCUT2D eigenvalue weighted by atomic mass is 15.4. The van der Waals surface area contributed by atoms with Gasteiger partial charge < -0.3 is 10.6 Å². The van der Waals surface area contributed by atoms with E-state index in [2.05, 4.69) is 29.6 Å². The zero-order chi connectivity index (χ0) is 9.14. The Hall–Kier alpha value is -1.19. The third-order valence-electron chi connectivity index (χ3n) is 1.74. The number of hydrogen-bond acceptors (Lipinski definition) is 3. The van der Waals surface area contributed by atoms with Crippen molar-refractivity contribution in [3.05, 3.63) is 6.07 Å². The number of nitrogens with one attached hydrogen (secondary N) is 2. The molecule has 1 heterocycles. The molecule has 0 unspecified atom stereocenters. The Morgan fingerprint density at radius 2 is 2.00 bits per heavy atom. The van der Waals surface area contributed by atoms with Gasteiger partial charge in [-0.15, -0.1) is 0 Å². The first-order chi connectivity index (χ1) is 5.69. The molecule has 0 amide bonds. The molecule has 0 spiro atoms. The zero-order valence-electron chi connectivity index (χ0n) is 8.05. The van der Waals surface area contributed by atoms with Gasteiger partial charge >= 0.3 is 0 Å². The van der Waals surface area contributed by atoms with Crippen LogP contribution in [0.1, 0.15) is 19.9 Å². The molecule has 4 nitrogen and oxygen atoms in total. The molecule has 0 aliphatic rings. The summed E-state index contributed by atoms with van der Waals surface area (Å²) in [5, 5.41) is 10.4. The van der Waals surface area contributed by atoms with E-state index in [9.17, 15) is 0 Å². The van der Waals surface area contributed by atoms with Crippen molar-refractivity contribution in [2.45, 2.75) is 19.9 Å². The van der Waals surface area contributed by atoms with E-state index >= 15 is 0 Å². The van der Waals surface area contributed by atoms with Crippen LogP contribution >= 0.6 is 0 Å². The number of hydrogen-bond donors (Lipinski definition) is 2. The van der Waals surface area contributed by atoms with E-state index in [1.165, 1.54) is 0 Å². The molecule has 0 radical (unpaired) electrons. The molecular weight excluding hydrogens is 152 g/mol. The first-order valence-corrected chi connectivity index (χ1v) is 4.14. The van der Waals surface area contributed by atoms with Crippen molar-refractivity contribution in [2.75, 3.05) is 24.7 Å². The Labute approximate surface area is 73.0 Å². The van der Waals surface area contributed by atoms with Gasteiger partial charge in [-0.25, -0.2) is 4.68 Å². The Balaban J connectivity index is 3.00. The van der Waals surface area contributed by atoms with Crippen LogP contribution in [0.3, 0.4) is 0 Å². The third kappa shape index (κ3) is 1.52. The van der Waals surface area contributed by atoms with Gasteiger partial charge in [0.15, 0.2) is 0 Å². The molecule has 0 fully saturated rings. The highest BCUT2D eigenvalue weighted by molar-refractivity contribution is 5.48. The lowest BCUT2D eigenvalue weighted by atomic mass is 10.4. The van der Waals surface area contributed by atoms with Gasteiger partial charge in [-0.1, -0.05) is 0 Å². The van der Waals surface area contributed by atoms with E-state index in [1.54, 1.807) is 0 Å². The van der Waals surface area contributed by atoms with Gasteiger partial charge in [-0.3, -0.25) is 0 Å². The predicted molar refractivity (Wildman–Crippen MR) is 51.7 cm³/mol. The molecule has 12 heavy (non-hydrogen) atoms. The summed E-state index contributed by atoms with van der Waals surface area (Å²) in [4.78, 5) is 0. The molecule has 1 aromatic heterocycles. The van der Waals surface area contributed by atoms with Crippen LogP contribution in [0.4, 0.5) is 11.6 Å². The van der Waals surface area contributed by atoms with E-state index in [0.717, 1.165) is 11.6 Å². The van der Waals surface area contributed by atoms with Gasteiger partial charge in [0.05, 0.1) is 0 Å². The molecule has 2 N–H and O–H groups in total. The van der Waals surface area contributed by atoms with Gasteiger partial charge in [-0.05, 0) is 13.8 Å². The first-order valence-electron chi connectivity index (χ1n) is 4.14. The van der Waals surface area contributed by atoms with Crippen molar-refractivity contribution in [3.8, 4) is 0 Å². The predicted octanol–water partition coefficient (Wildman–Crippen LogP) is 1.55. The maximum Gasteiger partial charge on any atom is 0.149 e. The molecule has 1 rings (SSSR count). The van der Waals surface area contributed by atoms with Crippen LogP contribution < -0.4 is 10.6 Å². The van der Waals surface area contributed by atoms with Crippen LogP contribution in [0.2, 0.25) is 0 Å². The Bertz CT molecular complexity index is 252. The number of anilines is 2. The SMILES string of the molecule is CNc1cc(NC)n(C(C)C)n1. The zero-order valence-corrected chi connectivity index (χ0v) is 8.05. The second-order valence-corrected chi connectivity index (χ2v) is 2.95. The smallest absolute Gasteiger partial charge is 0.149 e. The fourth-order valence-corrected chi connectivity index (χ4v) is 1.10. The lowest BCUT2D eigenvalue weighted by Gasteiger charge is -2.08. The van der Waals surface area contributed by atoms with E-state index in [-0.39, 0.29) is 0 Å². The Morgan fingerprint density at radius 3 is 2.33 bits per heavy atom. The van der Waals surface area contributed by atoms with Crippen LogP contribution in [0.5, 0.6) is 0 Å². The summed E-state index contributed by atoms with van der Waals surface area (Å²) in [5.74, 6) is 1.93. The fraction of sp³-hybridized carbons (Fsp3) is 0.625. The lowest BCUT2D eigenvalue weighted by molar-refractivity contribution is 0.540. The highest BCUT2D eigenvalue weighted by Gasteiger charge is 2.07. The van der Waals surface area contributed by atoms with E-state index < -0.39 is 0 Å². The molecule has 0 saturated heterocycles.